The lowest BCUT2D eigenvalue weighted by Crippen LogP contribution is -2.44. The highest BCUT2D eigenvalue weighted by atomic mass is 15.2. The molecular formula is C11H20N2. The largest absolute Gasteiger partial charge is 0.297 e. The van der Waals surface area contributed by atoms with Crippen LogP contribution in [0.2, 0.25) is 0 Å². The first kappa shape index (κ1) is 10.5. The monoisotopic (exact) mass is 180 g/mol. The van der Waals surface area contributed by atoms with Crippen molar-refractivity contribution >= 4 is 0 Å². The van der Waals surface area contributed by atoms with Crippen LogP contribution in [0.3, 0.4) is 0 Å². The molecule has 1 rings (SSSR count). The quantitative estimate of drug-likeness (QED) is 0.667. The molecular weight excluding hydrogens is 160 g/mol. The Kier molecular flexibility index (Phi) is 4.24. The molecule has 0 aromatic carbocycles. The van der Waals surface area contributed by atoms with E-state index in [1.807, 2.05) is 0 Å². The van der Waals surface area contributed by atoms with Crippen LogP contribution in [0.25, 0.3) is 0 Å². The third-order valence-corrected chi connectivity index (χ3v) is 3.10. The molecule has 1 heterocycles. The summed E-state index contributed by atoms with van der Waals surface area (Å²) in [6, 6.07) is 3.46. The van der Waals surface area contributed by atoms with Crippen LogP contribution in [0, 0.1) is 11.3 Å². The lowest BCUT2D eigenvalue weighted by atomic mass is 9.97. The van der Waals surface area contributed by atoms with Crippen LogP contribution in [0.1, 0.15) is 46.0 Å². The summed E-state index contributed by atoms with van der Waals surface area (Å²) in [5.41, 5.74) is 0. The molecule has 0 N–H and O–H groups in total. The first-order chi connectivity index (χ1) is 6.29. The van der Waals surface area contributed by atoms with Crippen molar-refractivity contribution in [3.05, 3.63) is 0 Å². The number of piperidine rings is 1. The van der Waals surface area contributed by atoms with Crippen LogP contribution >= 0.6 is 0 Å². The van der Waals surface area contributed by atoms with Gasteiger partial charge in [-0.2, -0.15) is 5.26 Å². The van der Waals surface area contributed by atoms with Crippen LogP contribution in [-0.4, -0.2) is 23.5 Å². The van der Waals surface area contributed by atoms with E-state index in [9.17, 15) is 0 Å². The van der Waals surface area contributed by atoms with Crippen LogP contribution in [0.15, 0.2) is 0 Å². The summed E-state index contributed by atoms with van der Waals surface area (Å²) in [6.07, 6.45) is 5.92. The summed E-state index contributed by atoms with van der Waals surface area (Å²) in [5, 5.41) is 8.65. The molecule has 2 unspecified atom stereocenters. The number of nitrogens with zero attached hydrogens (tertiary/aromatic N) is 2. The first-order valence-corrected chi connectivity index (χ1v) is 5.42. The lowest BCUT2D eigenvalue weighted by Gasteiger charge is -2.38. The number of hydrogen-bond acceptors (Lipinski definition) is 2. The number of nitriles is 1. The molecule has 1 aliphatic rings. The van der Waals surface area contributed by atoms with Gasteiger partial charge in [-0.3, -0.25) is 4.90 Å². The molecule has 2 nitrogen and oxygen atoms in total. The van der Waals surface area contributed by atoms with Gasteiger partial charge in [0.1, 0.15) is 0 Å². The Morgan fingerprint density at radius 1 is 1.54 bits per heavy atom. The van der Waals surface area contributed by atoms with Gasteiger partial charge >= 0.3 is 0 Å². The van der Waals surface area contributed by atoms with E-state index in [1.165, 1.54) is 32.2 Å². The summed E-state index contributed by atoms with van der Waals surface area (Å²) in [5.74, 6) is 0. The van der Waals surface area contributed by atoms with E-state index in [1.54, 1.807) is 0 Å². The minimum absolute atomic E-state index is 0.454. The van der Waals surface area contributed by atoms with E-state index in [-0.39, 0.29) is 0 Å². The number of rotatable bonds is 3. The Morgan fingerprint density at radius 3 is 2.92 bits per heavy atom. The fourth-order valence-corrected chi connectivity index (χ4v) is 2.29. The van der Waals surface area contributed by atoms with Crippen molar-refractivity contribution < 1.29 is 0 Å². The van der Waals surface area contributed by atoms with Gasteiger partial charge in [0.05, 0.1) is 12.5 Å². The average Bonchev–Trinajstić information content (AvgIpc) is 2.18. The van der Waals surface area contributed by atoms with E-state index in [4.69, 9.17) is 5.26 Å². The van der Waals surface area contributed by atoms with E-state index in [2.05, 4.69) is 24.8 Å². The van der Waals surface area contributed by atoms with Gasteiger partial charge in [-0.05, 0) is 32.7 Å². The van der Waals surface area contributed by atoms with Gasteiger partial charge in [-0.15, -0.1) is 0 Å². The predicted octanol–water partition coefficient (Wildman–Crippen LogP) is 2.55. The highest BCUT2D eigenvalue weighted by Gasteiger charge is 2.24. The standard InChI is InChI=1S/C11H20N2/c1-3-11-6-4-5-9-13(11)10(2)7-8-12/h10-11H,3-7,9H2,1-2H3. The number of hydrogen-bond donors (Lipinski definition) is 0. The van der Waals surface area contributed by atoms with E-state index in [0.717, 1.165) is 6.04 Å². The number of likely N-dealkylation sites (tertiary alicyclic amines) is 1. The summed E-state index contributed by atoms with van der Waals surface area (Å²) >= 11 is 0. The van der Waals surface area contributed by atoms with Crippen molar-refractivity contribution in [2.45, 2.75) is 58.0 Å². The lowest BCUT2D eigenvalue weighted by molar-refractivity contribution is 0.102. The highest BCUT2D eigenvalue weighted by Crippen LogP contribution is 2.22. The molecule has 74 valence electrons. The highest BCUT2D eigenvalue weighted by molar-refractivity contribution is 4.85. The Morgan fingerprint density at radius 2 is 2.31 bits per heavy atom. The maximum absolute atomic E-state index is 8.65. The molecule has 0 aromatic rings. The van der Waals surface area contributed by atoms with Crippen LogP contribution < -0.4 is 0 Å². The van der Waals surface area contributed by atoms with Crippen molar-refractivity contribution in [3.8, 4) is 6.07 Å². The molecule has 0 aromatic heterocycles. The van der Waals surface area contributed by atoms with Gasteiger partial charge in [-0.1, -0.05) is 13.3 Å². The van der Waals surface area contributed by atoms with Crippen molar-refractivity contribution in [2.24, 2.45) is 0 Å². The van der Waals surface area contributed by atoms with Gasteiger partial charge < -0.3 is 0 Å². The molecule has 0 radical (unpaired) electrons. The summed E-state index contributed by atoms with van der Waals surface area (Å²) < 4.78 is 0. The van der Waals surface area contributed by atoms with Gasteiger partial charge in [0.15, 0.2) is 0 Å². The molecule has 2 atom stereocenters. The Hall–Kier alpha value is -0.550. The van der Waals surface area contributed by atoms with Crippen LogP contribution in [-0.2, 0) is 0 Å². The zero-order valence-corrected chi connectivity index (χ0v) is 8.79. The third-order valence-electron chi connectivity index (χ3n) is 3.10. The van der Waals surface area contributed by atoms with Gasteiger partial charge in [0.2, 0.25) is 0 Å². The average molecular weight is 180 g/mol. The van der Waals surface area contributed by atoms with Crippen molar-refractivity contribution in [2.75, 3.05) is 6.54 Å². The normalized spacial score (nSPS) is 26.7. The predicted molar refractivity (Wildman–Crippen MR) is 54.3 cm³/mol. The van der Waals surface area contributed by atoms with Gasteiger partial charge in [0.25, 0.3) is 0 Å². The molecule has 13 heavy (non-hydrogen) atoms. The Labute approximate surface area is 81.5 Å². The molecule has 0 aliphatic carbocycles. The molecule has 0 amide bonds. The molecule has 1 aliphatic heterocycles. The first-order valence-electron chi connectivity index (χ1n) is 5.42. The zero-order chi connectivity index (χ0) is 9.68. The molecule has 0 spiro atoms. The van der Waals surface area contributed by atoms with Crippen LogP contribution in [0.4, 0.5) is 0 Å². The fourth-order valence-electron chi connectivity index (χ4n) is 2.29. The van der Waals surface area contributed by atoms with Crippen molar-refractivity contribution in [1.29, 1.82) is 5.26 Å². The summed E-state index contributed by atoms with van der Waals surface area (Å²) in [7, 11) is 0. The second-order valence-electron chi connectivity index (χ2n) is 4.01. The molecule has 1 fully saturated rings. The molecule has 0 saturated carbocycles. The Bertz CT molecular complexity index is 183. The topological polar surface area (TPSA) is 27.0 Å². The Balaban J connectivity index is 2.49. The fraction of sp³-hybridized carbons (Fsp3) is 0.909. The maximum atomic E-state index is 8.65. The van der Waals surface area contributed by atoms with E-state index < -0.39 is 0 Å². The minimum atomic E-state index is 0.454. The second kappa shape index (κ2) is 5.24. The SMILES string of the molecule is CCC1CCCCN1C(C)CC#N. The van der Waals surface area contributed by atoms with E-state index in [0.29, 0.717) is 12.5 Å². The summed E-state index contributed by atoms with van der Waals surface area (Å²) in [6.45, 7) is 5.63. The maximum Gasteiger partial charge on any atom is 0.0638 e. The third kappa shape index (κ3) is 2.70. The minimum Gasteiger partial charge on any atom is -0.297 e. The van der Waals surface area contributed by atoms with Gasteiger partial charge in [0, 0.05) is 12.1 Å². The second-order valence-corrected chi connectivity index (χ2v) is 4.01. The smallest absolute Gasteiger partial charge is 0.0638 e. The molecule has 0 bridgehead atoms. The van der Waals surface area contributed by atoms with Crippen molar-refractivity contribution in [1.82, 2.24) is 4.90 Å². The van der Waals surface area contributed by atoms with Crippen molar-refractivity contribution in [3.63, 3.8) is 0 Å². The van der Waals surface area contributed by atoms with E-state index >= 15 is 0 Å². The van der Waals surface area contributed by atoms with Crippen LogP contribution in [0.5, 0.6) is 0 Å². The molecule has 2 heteroatoms. The zero-order valence-electron chi connectivity index (χ0n) is 8.79. The molecule has 1 saturated heterocycles. The summed E-state index contributed by atoms with van der Waals surface area (Å²) in [4.78, 5) is 2.52. The van der Waals surface area contributed by atoms with Gasteiger partial charge in [-0.25, -0.2) is 0 Å².